The Morgan fingerprint density at radius 1 is 0.302 bits per heavy atom. The van der Waals surface area contributed by atoms with E-state index in [2.05, 4.69) is 29.9 Å². The van der Waals surface area contributed by atoms with Gasteiger partial charge in [-0.2, -0.15) is 0 Å². The molecule has 9 rings (SSSR count). The van der Waals surface area contributed by atoms with E-state index in [0.717, 1.165) is 47.8 Å². The van der Waals surface area contributed by atoms with Crippen LogP contribution in [0.2, 0.25) is 0 Å². The van der Waals surface area contributed by atoms with Gasteiger partial charge in [-0.05, 0) is 144 Å². The second-order valence-corrected chi connectivity index (χ2v) is 15.2. The van der Waals surface area contributed by atoms with Crippen LogP contribution in [-0.2, 0) is 0 Å². The molecule has 3 aromatic carbocycles. The fourth-order valence-electron chi connectivity index (χ4n) is 5.05. The summed E-state index contributed by atoms with van der Waals surface area (Å²) in [5.74, 6) is 0. The second kappa shape index (κ2) is 28.1. The first-order valence-corrected chi connectivity index (χ1v) is 22.8. The highest BCUT2D eigenvalue weighted by atomic mass is 32.2. The molecule has 0 aliphatic carbocycles. The van der Waals surface area contributed by atoms with Gasteiger partial charge in [0.05, 0.1) is 0 Å². The third-order valence-electron chi connectivity index (χ3n) is 8.37. The van der Waals surface area contributed by atoms with Crippen LogP contribution in [-0.4, -0.2) is 100 Å². The van der Waals surface area contributed by atoms with Gasteiger partial charge in [0.15, 0.2) is 16.9 Å². The molecule has 6 aromatic heterocycles. The van der Waals surface area contributed by atoms with Crippen LogP contribution in [0.4, 0.5) is 0 Å². The number of thioether (sulfide) groups is 3. The van der Waals surface area contributed by atoms with E-state index in [0.29, 0.717) is 16.4 Å². The van der Waals surface area contributed by atoms with Gasteiger partial charge in [-0.3, -0.25) is 0 Å². The number of benzene rings is 3. The molecular formula is C45H45B3N6O6S3. The van der Waals surface area contributed by atoms with Gasteiger partial charge < -0.3 is 30.1 Å². The van der Waals surface area contributed by atoms with Gasteiger partial charge in [0.25, 0.3) is 0 Å². The molecule has 0 amide bonds. The standard InChI is InChI=1S/3C8H6N2.3C7H9BO2S/c3*1-3-7-4-2-6-10-8(7)9-5-1;3*1-11-7-4-2-6(3-5-7)8(9)10/h3*1-6H;3*2-5,9-10H,1H3. The Labute approximate surface area is 380 Å². The predicted molar refractivity (Wildman–Crippen MR) is 263 cm³/mol. The number of nitrogens with zero attached hydrogens (tertiary/aromatic N) is 6. The summed E-state index contributed by atoms with van der Waals surface area (Å²) in [5.41, 5.74) is 4.02. The zero-order valence-electron chi connectivity index (χ0n) is 34.6. The number of rotatable bonds is 6. The van der Waals surface area contributed by atoms with E-state index in [-0.39, 0.29) is 0 Å². The minimum atomic E-state index is -1.36. The molecule has 0 saturated heterocycles. The van der Waals surface area contributed by atoms with Crippen LogP contribution in [0.25, 0.3) is 33.1 Å². The minimum Gasteiger partial charge on any atom is -0.423 e. The second-order valence-electron chi connectivity index (χ2n) is 12.6. The van der Waals surface area contributed by atoms with E-state index >= 15 is 0 Å². The average Bonchev–Trinajstić information content (AvgIpc) is 3.35. The van der Waals surface area contributed by atoms with Gasteiger partial charge in [-0.1, -0.05) is 36.4 Å². The topological polar surface area (TPSA) is 199 Å². The Morgan fingerprint density at radius 3 is 0.635 bits per heavy atom. The monoisotopic (exact) mass is 894 g/mol. The van der Waals surface area contributed by atoms with E-state index in [9.17, 15) is 0 Å². The molecule has 0 spiro atoms. The lowest BCUT2D eigenvalue weighted by Crippen LogP contribution is -2.29. The maximum atomic E-state index is 8.74. The van der Waals surface area contributed by atoms with E-state index in [4.69, 9.17) is 30.1 Å². The maximum absolute atomic E-state index is 8.74. The third kappa shape index (κ3) is 17.9. The number of aromatic nitrogens is 6. The van der Waals surface area contributed by atoms with Gasteiger partial charge in [0.2, 0.25) is 0 Å². The third-order valence-corrected chi connectivity index (χ3v) is 10.6. The SMILES string of the molecule is CSc1ccc(B(O)O)cc1.CSc1ccc(B(O)O)cc1.CSc1ccc(B(O)O)cc1.c1cnc2ncccc2c1.c1cnc2ncccc2c1.c1cnc2ncccc2c1. The van der Waals surface area contributed by atoms with Gasteiger partial charge in [0.1, 0.15) is 0 Å². The minimum absolute atomic E-state index is 0.530. The van der Waals surface area contributed by atoms with E-state index in [1.54, 1.807) is 109 Å². The summed E-state index contributed by atoms with van der Waals surface area (Å²) in [6.07, 6.45) is 16.4. The maximum Gasteiger partial charge on any atom is 0.488 e. The molecule has 63 heavy (non-hydrogen) atoms. The fraction of sp³-hybridized carbons (Fsp3) is 0.0667. The number of hydrogen-bond donors (Lipinski definition) is 6. The van der Waals surface area contributed by atoms with Crippen LogP contribution in [0.1, 0.15) is 0 Å². The molecule has 18 heteroatoms. The molecule has 0 fully saturated rings. The fourth-order valence-corrected chi connectivity index (χ4v) is 6.28. The largest absolute Gasteiger partial charge is 0.488 e. The lowest BCUT2D eigenvalue weighted by molar-refractivity contribution is 0.424. The summed E-state index contributed by atoms with van der Waals surface area (Å²) in [4.78, 5) is 27.8. The summed E-state index contributed by atoms with van der Waals surface area (Å²) in [5, 5.41) is 55.7. The first kappa shape index (κ1) is 50.0. The van der Waals surface area contributed by atoms with Crippen LogP contribution >= 0.6 is 35.3 Å². The highest BCUT2D eigenvalue weighted by Gasteiger charge is 2.10. The van der Waals surface area contributed by atoms with Gasteiger partial charge >= 0.3 is 21.4 Å². The Morgan fingerprint density at radius 2 is 0.492 bits per heavy atom. The van der Waals surface area contributed by atoms with Crippen LogP contribution < -0.4 is 16.4 Å². The normalized spacial score (nSPS) is 9.86. The summed E-state index contributed by atoms with van der Waals surface area (Å²) >= 11 is 4.88. The zero-order chi connectivity index (χ0) is 45.2. The molecular weight excluding hydrogens is 849 g/mol. The smallest absolute Gasteiger partial charge is 0.423 e. The van der Waals surface area contributed by atoms with Gasteiger partial charge in [0, 0.05) is 68.0 Å². The van der Waals surface area contributed by atoms with Crippen LogP contribution in [0.3, 0.4) is 0 Å². The average molecular weight is 895 g/mol. The Bertz CT molecular complexity index is 2170. The highest BCUT2D eigenvalue weighted by molar-refractivity contribution is 7.99. The van der Waals surface area contributed by atoms with Crippen molar-refractivity contribution in [1.82, 2.24) is 29.9 Å². The van der Waals surface area contributed by atoms with Crippen molar-refractivity contribution >= 4 is 106 Å². The van der Waals surface area contributed by atoms with E-state index < -0.39 is 21.4 Å². The van der Waals surface area contributed by atoms with E-state index in [1.807, 2.05) is 128 Å². The Kier molecular flexibility index (Phi) is 22.3. The molecule has 318 valence electrons. The predicted octanol–water partition coefficient (Wildman–Crippen LogP) is 5.15. The summed E-state index contributed by atoms with van der Waals surface area (Å²) in [7, 11) is -4.07. The van der Waals surface area contributed by atoms with Crippen LogP contribution in [0.5, 0.6) is 0 Å². The van der Waals surface area contributed by atoms with Crippen molar-refractivity contribution < 1.29 is 30.1 Å². The molecule has 0 aliphatic rings. The lowest BCUT2D eigenvalue weighted by atomic mass is 9.81. The number of fused-ring (bicyclic) bond motifs is 3. The Hall–Kier alpha value is -5.66. The first-order valence-electron chi connectivity index (χ1n) is 19.1. The molecule has 0 saturated carbocycles. The van der Waals surface area contributed by atoms with Gasteiger partial charge in [-0.25, -0.2) is 29.9 Å². The molecule has 0 aliphatic heterocycles. The molecule has 9 aromatic rings. The van der Waals surface area contributed by atoms with Crippen LogP contribution in [0, 0.1) is 0 Å². The molecule has 0 atom stereocenters. The van der Waals surface area contributed by atoms with Crippen molar-refractivity contribution in [2.24, 2.45) is 0 Å². The van der Waals surface area contributed by atoms with Gasteiger partial charge in [-0.15, -0.1) is 35.3 Å². The molecule has 0 radical (unpaired) electrons. The molecule has 0 unspecified atom stereocenters. The summed E-state index contributed by atoms with van der Waals surface area (Å²) < 4.78 is 0. The lowest BCUT2D eigenvalue weighted by Gasteiger charge is -1.99. The van der Waals surface area contributed by atoms with Crippen LogP contribution in [0.15, 0.2) is 197 Å². The van der Waals surface area contributed by atoms with Crippen molar-refractivity contribution in [2.75, 3.05) is 18.8 Å². The van der Waals surface area contributed by atoms with Crippen molar-refractivity contribution in [2.45, 2.75) is 14.7 Å². The molecule has 6 N–H and O–H groups in total. The van der Waals surface area contributed by atoms with Crippen molar-refractivity contribution in [3.05, 3.63) is 183 Å². The van der Waals surface area contributed by atoms with Crippen molar-refractivity contribution in [1.29, 1.82) is 0 Å². The molecule has 6 heterocycles. The Balaban J connectivity index is 0.000000166. The quantitative estimate of drug-likeness (QED) is 0.0946. The summed E-state index contributed by atoms with van der Waals surface area (Å²) in [6, 6.07) is 44.8. The number of hydrogen-bond acceptors (Lipinski definition) is 15. The van der Waals surface area contributed by atoms with Crippen molar-refractivity contribution in [3.8, 4) is 0 Å². The highest BCUT2D eigenvalue weighted by Crippen LogP contribution is 2.13. The zero-order valence-corrected chi connectivity index (χ0v) is 37.1. The molecule has 0 bridgehead atoms. The summed E-state index contributed by atoms with van der Waals surface area (Å²) in [6.45, 7) is 0. The van der Waals surface area contributed by atoms with Crippen molar-refractivity contribution in [3.63, 3.8) is 0 Å². The number of pyridine rings is 6. The first-order chi connectivity index (χ1) is 30.6. The van der Waals surface area contributed by atoms with E-state index in [1.165, 1.54) is 0 Å². The molecule has 12 nitrogen and oxygen atoms in total.